The van der Waals surface area contributed by atoms with E-state index in [1.807, 2.05) is 13.0 Å². The molecule has 2 nitrogen and oxygen atoms in total. The zero-order valence-electron chi connectivity index (χ0n) is 9.37. The SMILES string of the molecule is COc1cc(C(C)N)ccc1C(C)C. The smallest absolute Gasteiger partial charge is 0.122 e. The van der Waals surface area contributed by atoms with Crippen LogP contribution in [0.4, 0.5) is 0 Å². The molecule has 0 amide bonds. The van der Waals surface area contributed by atoms with E-state index in [0.29, 0.717) is 5.92 Å². The highest BCUT2D eigenvalue weighted by molar-refractivity contribution is 5.40. The summed E-state index contributed by atoms with van der Waals surface area (Å²) in [5.41, 5.74) is 8.16. The standard InChI is InChI=1S/C12H19NO/c1-8(2)11-6-5-10(9(3)13)7-12(11)14-4/h5-9H,13H2,1-4H3. The summed E-state index contributed by atoms with van der Waals surface area (Å²) in [6.07, 6.45) is 0. The maximum atomic E-state index is 5.81. The summed E-state index contributed by atoms with van der Waals surface area (Å²) in [6.45, 7) is 6.29. The van der Waals surface area contributed by atoms with E-state index in [0.717, 1.165) is 11.3 Å². The predicted molar refractivity (Wildman–Crippen MR) is 59.7 cm³/mol. The average molecular weight is 193 g/mol. The molecule has 0 aliphatic rings. The third kappa shape index (κ3) is 2.26. The van der Waals surface area contributed by atoms with E-state index in [9.17, 15) is 0 Å². The first-order chi connectivity index (χ1) is 6.56. The van der Waals surface area contributed by atoms with Gasteiger partial charge in [-0.15, -0.1) is 0 Å². The van der Waals surface area contributed by atoms with Gasteiger partial charge in [-0.05, 0) is 30.0 Å². The molecule has 0 bridgehead atoms. The lowest BCUT2D eigenvalue weighted by molar-refractivity contribution is 0.406. The Bertz CT molecular complexity index is 305. The van der Waals surface area contributed by atoms with Gasteiger partial charge in [0.05, 0.1) is 7.11 Å². The second kappa shape index (κ2) is 4.47. The molecular formula is C12H19NO. The van der Waals surface area contributed by atoms with Crippen LogP contribution >= 0.6 is 0 Å². The molecule has 1 rings (SSSR count). The largest absolute Gasteiger partial charge is 0.496 e. The highest BCUT2D eigenvalue weighted by Crippen LogP contribution is 2.28. The molecule has 2 heteroatoms. The van der Waals surface area contributed by atoms with Crippen LogP contribution in [0.5, 0.6) is 5.75 Å². The number of hydrogen-bond acceptors (Lipinski definition) is 2. The van der Waals surface area contributed by atoms with Crippen molar-refractivity contribution in [2.45, 2.75) is 32.7 Å². The van der Waals surface area contributed by atoms with Gasteiger partial charge in [-0.3, -0.25) is 0 Å². The highest BCUT2D eigenvalue weighted by Gasteiger charge is 2.09. The summed E-state index contributed by atoms with van der Waals surface area (Å²) < 4.78 is 5.34. The average Bonchev–Trinajstić information content (AvgIpc) is 2.16. The first-order valence-corrected chi connectivity index (χ1v) is 4.99. The first kappa shape index (κ1) is 11.1. The molecular weight excluding hydrogens is 174 g/mol. The van der Waals surface area contributed by atoms with Crippen molar-refractivity contribution in [3.63, 3.8) is 0 Å². The first-order valence-electron chi connectivity index (χ1n) is 4.99. The van der Waals surface area contributed by atoms with E-state index in [1.54, 1.807) is 7.11 Å². The minimum absolute atomic E-state index is 0.0603. The van der Waals surface area contributed by atoms with Gasteiger partial charge in [0.1, 0.15) is 5.75 Å². The highest BCUT2D eigenvalue weighted by atomic mass is 16.5. The van der Waals surface area contributed by atoms with Crippen molar-refractivity contribution in [1.29, 1.82) is 0 Å². The molecule has 0 spiro atoms. The van der Waals surface area contributed by atoms with Gasteiger partial charge in [0.25, 0.3) is 0 Å². The van der Waals surface area contributed by atoms with Crippen LogP contribution in [0.2, 0.25) is 0 Å². The van der Waals surface area contributed by atoms with Crippen molar-refractivity contribution >= 4 is 0 Å². The third-order valence-corrected chi connectivity index (χ3v) is 2.41. The van der Waals surface area contributed by atoms with E-state index in [1.165, 1.54) is 5.56 Å². The molecule has 0 radical (unpaired) electrons. The molecule has 0 aromatic heterocycles. The van der Waals surface area contributed by atoms with Crippen LogP contribution in [0.15, 0.2) is 18.2 Å². The van der Waals surface area contributed by atoms with Crippen LogP contribution in [0.3, 0.4) is 0 Å². The Labute approximate surface area is 86.1 Å². The van der Waals surface area contributed by atoms with Crippen LogP contribution in [0.1, 0.15) is 43.9 Å². The molecule has 0 heterocycles. The van der Waals surface area contributed by atoms with Crippen molar-refractivity contribution in [3.05, 3.63) is 29.3 Å². The molecule has 0 aliphatic carbocycles. The van der Waals surface area contributed by atoms with Gasteiger partial charge in [0.15, 0.2) is 0 Å². The van der Waals surface area contributed by atoms with E-state index in [2.05, 4.69) is 26.0 Å². The van der Waals surface area contributed by atoms with Gasteiger partial charge in [-0.25, -0.2) is 0 Å². The number of methoxy groups -OCH3 is 1. The van der Waals surface area contributed by atoms with Crippen molar-refractivity contribution in [1.82, 2.24) is 0 Å². The Hall–Kier alpha value is -1.02. The zero-order valence-corrected chi connectivity index (χ0v) is 9.37. The van der Waals surface area contributed by atoms with Crippen LogP contribution in [0, 0.1) is 0 Å². The Morgan fingerprint density at radius 1 is 1.21 bits per heavy atom. The monoisotopic (exact) mass is 193 g/mol. The molecule has 0 fully saturated rings. The van der Waals surface area contributed by atoms with E-state index in [4.69, 9.17) is 10.5 Å². The maximum Gasteiger partial charge on any atom is 0.122 e. The molecule has 14 heavy (non-hydrogen) atoms. The minimum atomic E-state index is 0.0603. The van der Waals surface area contributed by atoms with Gasteiger partial charge in [-0.2, -0.15) is 0 Å². The fourth-order valence-corrected chi connectivity index (χ4v) is 1.49. The second-order valence-corrected chi connectivity index (χ2v) is 3.94. The van der Waals surface area contributed by atoms with Crippen molar-refractivity contribution in [2.75, 3.05) is 7.11 Å². The van der Waals surface area contributed by atoms with Crippen molar-refractivity contribution < 1.29 is 4.74 Å². The molecule has 78 valence electrons. The topological polar surface area (TPSA) is 35.2 Å². The lowest BCUT2D eigenvalue weighted by atomic mass is 9.98. The Morgan fingerprint density at radius 2 is 1.86 bits per heavy atom. The Morgan fingerprint density at radius 3 is 2.29 bits per heavy atom. The number of benzene rings is 1. The quantitative estimate of drug-likeness (QED) is 0.801. The second-order valence-electron chi connectivity index (χ2n) is 3.94. The Balaban J connectivity index is 3.11. The summed E-state index contributed by atoms with van der Waals surface area (Å²) in [7, 11) is 1.70. The van der Waals surface area contributed by atoms with Crippen LogP contribution in [-0.2, 0) is 0 Å². The van der Waals surface area contributed by atoms with Gasteiger partial charge < -0.3 is 10.5 Å². The lowest BCUT2D eigenvalue weighted by Crippen LogP contribution is -2.06. The fraction of sp³-hybridized carbons (Fsp3) is 0.500. The summed E-state index contributed by atoms with van der Waals surface area (Å²) in [5, 5.41) is 0. The molecule has 1 atom stereocenters. The molecule has 0 saturated heterocycles. The normalized spacial score (nSPS) is 13.0. The lowest BCUT2D eigenvalue weighted by Gasteiger charge is -2.14. The number of hydrogen-bond donors (Lipinski definition) is 1. The van der Waals surface area contributed by atoms with E-state index >= 15 is 0 Å². The number of ether oxygens (including phenoxy) is 1. The molecule has 1 aromatic rings. The minimum Gasteiger partial charge on any atom is -0.496 e. The predicted octanol–water partition coefficient (Wildman–Crippen LogP) is 2.84. The summed E-state index contributed by atoms with van der Waals surface area (Å²) >= 11 is 0. The van der Waals surface area contributed by atoms with Crippen LogP contribution in [-0.4, -0.2) is 7.11 Å². The summed E-state index contributed by atoms with van der Waals surface area (Å²) in [4.78, 5) is 0. The molecule has 1 unspecified atom stereocenters. The molecule has 0 saturated carbocycles. The van der Waals surface area contributed by atoms with E-state index in [-0.39, 0.29) is 6.04 Å². The van der Waals surface area contributed by atoms with Gasteiger partial charge >= 0.3 is 0 Å². The fourth-order valence-electron chi connectivity index (χ4n) is 1.49. The number of nitrogens with two attached hydrogens (primary N) is 1. The van der Waals surface area contributed by atoms with Gasteiger partial charge in [0.2, 0.25) is 0 Å². The van der Waals surface area contributed by atoms with Gasteiger partial charge in [-0.1, -0.05) is 26.0 Å². The van der Waals surface area contributed by atoms with Crippen LogP contribution in [0.25, 0.3) is 0 Å². The third-order valence-electron chi connectivity index (χ3n) is 2.41. The zero-order chi connectivity index (χ0) is 10.7. The van der Waals surface area contributed by atoms with Crippen molar-refractivity contribution in [2.24, 2.45) is 5.73 Å². The van der Waals surface area contributed by atoms with E-state index < -0.39 is 0 Å². The molecule has 1 aromatic carbocycles. The van der Waals surface area contributed by atoms with Gasteiger partial charge in [0, 0.05) is 6.04 Å². The van der Waals surface area contributed by atoms with Crippen LogP contribution < -0.4 is 10.5 Å². The molecule has 2 N–H and O–H groups in total. The van der Waals surface area contributed by atoms with Crippen molar-refractivity contribution in [3.8, 4) is 5.75 Å². The summed E-state index contributed by atoms with van der Waals surface area (Å²) in [5.74, 6) is 1.42. The Kier molecular flexibility index (Phi) is 3.53. The summed E-state index contributed by atoms with van der Waals surface area (Å²) in [6, 6.07) is 6.26. The maximum absolute atomic E-state index is 5.81. The molecule has 0 aliphatic heterocycles. The number of rotatable bonds is 3.